The Bertz CT molecular complexity index is 1700. The number of hydrogen-bond donors (Lipinski definition) is 2. The molecule has 174 valence electrons. The minimum absolute atomic E-state index is 0.487. The monoisotopic (exact) mass is 457 g/mol. The van der Waals surface area contributed by atoms with Crippen LogP contribution in [0.2, 0.25) is 0 Å². The Kier molecular flexibility index (Phi) is 5.33. The van der Waals surface area contributed by atoms with Crippen molar-refractivity contribution in [2.75, 3.05) is 6.54 Å². The lowest BCUT2D eigenvalue weighted by Gasteiger charge is -2.17. The Labute approximate surface area is 206 Å². The van der Waals surface area contributed by atoms with Gasteiger partial charge in [0.15, 0.2) is 0 Å². The first-order chi connectivity index (χ1) is 17.2. The first-order valence-corrected chi connectivity index (χ1v) is 12.6. The fourth-order valence-electron chi connectivity index (χ4n) is 5.40. The van der Waals surface area contributed by atoms with Crippen molar-refractivity contribution in [3.8, 4) is 0 Å². The topological polar surface area (TPSA) is 32.8 Å². The van der Waals surface area contributed by atoms with Crippen molar-refractivity contribution < 1.29 is 0 Å². The van der Waals surface area contributed by atoms with Crippen molar-refractivity contribution >= 4 is 55.0 Å². The van der Waals surface area contributed by atoms with Gasteiger partial charge in [0, 0.05) is 22.7 Å². The van der Waals surface area contributed by atoms with E-state index in [0.29, 0.717) is 5.92 Å². The fraction of sp³-hybridized carbons (Fsp3) is 0.188. The highest BCUT2D eigenvalue weighted by Gasteiger charge is 2.21. The van der Waals surface area contributed by atoms with Gasteiger partial charge in [-0.25, -0.2) is 0 Å². The quantitative estimate of drug-likeness (QED) is 0.255. The minimum Gasteiger partial charge on any atom is -0.368 e. The van der Waals surface area contributed by atoms with Crippen LogP contribution in [0, 0.1) is 5.92 Å². The smallest absolute Gasteiger partial charge is 0.111 e. The largest absolute Gasteiger partial charge is 0.368 e. The van der Waals surface area contributed by atoms with E-state index in [-0.39, 0.29) is 0 Å². The second kappa shape index (κ2) is 8.66. The Balaban J connectivity index is 1.72. The third-order valence-electron chi connectivity index (χ3n) is 7.38. The number of rotatable bonds is 5. The van der Waals surface area contributed by atoms with Crippen molar-refractivity contribution in [1.29, 1.82) is 0 Å². The number of nitrogens with one attached hydrogen (secondary N) is 2. The van der Waals surface area contributed by atoms with Gasteiger partial charge in [0.2, 0.25) is 0 Å². The van der Waals surface area contributed by atoms with Crippen LogP contribution in [-0.4, -0.2) is 16.1 Å². The van der Waals surface area contributed by atoms with E-state index in [0.717, 1.165) is 18.8 Å². The zero-order chi connectivity index (χ0) is 23.9. The molecule has 1 aliphatic heterocycles. The number of aromatic nitrogens is 2. The fourth-order valence-corrected chi connectivity index (χ4v) is 5.40. The summed E-state index contributed by atoms with van der Waals surface area (Å²) in [5.41, 5.74) is 7.52. The number of benzene rings is 3. The van der Waals surface area contributed by atoms with Gasteiger partial charge in [0.1, 0.15) is 5.82 Å². The lowest BCUT2D eigenvalue weighted by atomic mass is 9.91. The molecule has 0 amide bonds. The predicted molar refractivity (Wildman–Crippen MR) is 152 cm³/mol. The van der Waals surface area contributed by atoms with Gasteiger partial charge in [-0.2, -0.15) is 0 Å². The summed E-state index contributed by atoms with van der Waals surface area (Å²) in [7, 11) is 0. The summed E-state index contributed by atoms with van der Waals surface area (Å²) < 4.78 is 2.39. The van der Waals surface area contributed by atoms with Crippen LogP contribution in [0.3, 0.4) is 0 Å². The van der Waals surface area contributed by atoms with Crippen LogP contribution in [0.15, 0.2) is 91.1 Å². The van der Waals surface area contributed by atoms with Gasteiger partial charge in [-0.15, -0.1) is 0 Å². The molecular weight excluding hydrogens is 426 g/mol. The Morgan fingerprint density at radius 3 is 2.71 bits per heavy atom. The molecule has 1 unspecified atom stereocenters. The predicted octanol–water partition coefficient (Wildman–Crippen LogP) is 8.39. The van der Waals surface area contributed by atoms with Crippen LogP contribution in [0.5, 0.6) is 0 Å². The zero-order valence-corrected chi connectivity index (χ0v) is 20.6. The van der Waals surface area contributed by atoms with Crippen LogP contribution in [0.4, 0.5) is 0 Å². The Morgan fingerprint density at radius 1 is 1.03 bits per heavy atom. The summed E-state index contributed by atoms with van der Waals surface area (Å²) in [4.78, 5) is 3.85. The number of nitrogens with zero attached hydrogens (tertiary/aromatic N) is 1. The maximum atomic E-state index is 3.85. The lowest BCUT2D eigenvalue weighted by molar-refractivity contribution is 0.718. The van der Waals surface area contributed by atoms with E-state index in [1.165, 1.54) is 54.7 Å². The number of allylic oxidation sites excluding steroid dienone is 6. The van der Waals surface area contributed by atoms with E-state index in [2.05, 4.69) is 127 Å². The maximum Gasteiger partial charge on any atom is 0.111 e. The standard InChI is InChI=1S/C32H31N3/c1-4-6-12-24(21(3)5-2)23-16-18-28-27(20-23)31-32(35(28)29-14-9-10-19-33-29)26-17-15-22-11-7-8-13-25(22)30(26)34-31/h4,6-18,20-21,33-34H,5,19H2,1-3H3/b6-4-,24-12+. The van der Waals surface area contributed by atoms with Crippen molar-refractivity contribution in [3.05, 3.63) is 96.6 Å². The van der Waals surface area contributed by atoms with Crippen LogP contribution in [-0.2, 0) is 0 Å². The highest BCUT2D eigenvalue weighted by molar-refractivity contribution is 6.23. The molecule has 5 aromatic rings. The summed E-state index contributed by atoms with van der Waals surface area (Å²) in [6.07, 6.45) is 14.1. The second-order valence-corrected chi connectivity index (χ2v) is 9.44. The third-order valence-corrected chi connectivity index (χ3v) is 7.38. The highest BCUT2D eigenvalue weighted by atomic mass is 15.2. The molecule has 0 saturated heterocycles. The molecule has 0 spiro atoms. The molecule has 0 bridgehead atoms. The van der Waals surface area contributed by atoms with Crippen molar-refractivity contribution in [2.45, 2.75) is 27.2 Å². The maximum absolute atomic E-state index is 3.85. The summed E-state index contributed by atoms with van der Waals surface area (Å²) in [6.45, 7) is 7.49. The number of dihydropyridines is 1. The summed E-state index contributed by atoms with van der Waals surface area (Å²) in [5.74, 6) is 1.60. The molecule has 1 aliphatic rings. The van der Waals surface area contributed by atoms with Crippen LogP contribution in [0.25, 0.3) is 55.0 Å². The van der Waals surface area contributed by atoms with E-state index in [1.807, 2.05) is 0 Å². The second-order valence-electron chi connectivity index (χ2n) is 9.44. The molecule has 3 heteroatoms. The van der Waals surface area contributed by atoms with Gasteiger partial charge in [0.25, 0.3) is 0 Å². The Hall–Kier alpha value is -3.98. The molecule has 35 heavy (non-hydrogen) atoms. The Morgan fingerprint density at radius 2 is 1.91 bits per heavy atom. The molecule has 3 heterocycles. The van der Waals surface area contributed by atoms with E-state index in [1.54, 1.807) is 0 Å². The van der Waals surface area contributed by atoms with Gasteiger partial charge < -0.3 is 10.3 Å². The van der Waals surface area contributed by atoms with Gasteiger partial charge >= 0.3 is 0 Å². The third kappa shape index (κ3) is 3.42. The normalized spacial score (nSPS) is 15.5. The molecule has 0 aliphatic carbocycles. The zero-order valence-electron chi connectivity index (χ0n) is 20.6. The summed E-state index contributed by atoms with van der Waals surface area (Å²) in [5, 5.41) is 8.61. The molecule has 2 aromatic heterocycles. The van der Waals surface area contributed by atoms with E-state index in [4.69, 9.17) is 0 Å². The van der Waals surface area contributed by atoms with E-state index in [9.17, 15) is 0 Å². The number of hydrogen-bond acceptors (Lipinski definition) is 1. The summed E-state index contributed by atoms with van der Waals surface area (Å²) in [6, 6.07) is 20.1. The number of aromatic amines is 1. The van der Waals surface area contributed by atoms with E-state index < -0.39 is 0 Å². The van der Waals surface area contributed by atoms with Gasteiger partial charge in [0.05, 0.1) is 22.1 Å². The molecule has 1 atom stereocenters. The van der Waals surface area contributed by atoms with Crippen molar-refractivity contribution in [1.82, 2.24) is 14.9 Å². The first-order valence-electron chi connectivity index (χ1n) is 12.6. The molecule has 2 N–H and O–H groups in total. The average Bonchev–Trinajstić information content (AvgIpc) is 3.44. The molecule has 0 saturated carbocycles. The molecule has 0 fully saturated rings. The van der Waals surface area contributed by atoms with Crippen molar-refractivity contribution in [2.24, 2.45) is 5.92 Å². The van der Waals surface area contributed by atoms with Gasteiger partial charge in [-0.3, -0.25) is 4.57 Å². The SMILES string of the molecule is C/C=C\C=C(\c1ccc2c(c1)c1[nH]c3c4ccccc4ccc3c1n2C1=CC=CCN1)C(C)CC. The van der Waals surface area contributed by atoms with Crippen LogP contribution < -0.4 is 5.32 Å². The summed E-state index contributed by atoms with van der Waals surface area (Å²) >= 11 is 0. The van der Waals surface area contributed by atoms with Gasteiger partial charge in [-0.05, 0) is 54.0 Å². The average molecular weight is 458 g/mol. The highest BCUT2D eigenvalue weighted by Crippen LogP contribution is 2.40. The molecule has 3 aromatic carbocycles. The molecule has 3 nitrogen and oxygen atoms in total. The number of H-pyrrole nitrogens is 1. The first kappa shape index (κ1) is 21.5. The van der Waals surface area contributed by atoms with E-state index >= 15 is 0 Å². The lowest BCUT2D eigenvalue weighted by Crippen LogP contribution is -2.19. The number of fused-ring (bicyclic) bond motifs is 7. The molecule has 0 radical (unpaired) electrons. The van der Waals surface area contributed by atoms with Crippen LogP contribution in [0.1, 0.15) is 32.8 Å². The minimum atomic E-state index is 0.487. The van der Waals surface area contributed by atoms with Crippen molar-refractivity contribution in [3.63, 3.8) is 0 Å². The molecular formula is C32H31N3. The molecule has 6 rings (SSSR count). The van der Waals surface area contributed by atoms with Crippen LogP contribution >= 0.6 is 0 Å². The van der Waals surface area contributed by atoms with Gasteiger partial charge in [-0.1, -0.05) is 86.7 Å².